The van der Waals surface area contributed by atoms with Crippen molar-refractivity contribution < 1.29 is 27.5 Å². The number of amides is 2. The molecule has 0 aromatic carbocycles. The number of pyridine rings is 1. The van der Waals surface area contributed by atoms with Gasteiger partial charge in [0.25, 0.3) is 5.91 Å². The van der Waals surface area contributed by atoms with Crippen molar-refractivity contribution in [1.82, 2.24) is 20.3 Å². The molecule has 1 unspecified atom stereocenters. The van der Waals surface area contributed by atoms with Crippen molar-refractivity contribution in [2.75, 3.05) is 11.9 Å². The summed E-state index contributed by atoms with van der Waals surface area (Å²) in [6.45, 7) is 1.78. The van der Waals surface area contributed by atoms with Crippen LogP contribution in [-0.2, 0) is 4.79 Å². The lowest BCUT2D eigenvalue weighted by atomic mass is 10.1. The SMILES string of the molecule is CCC(=O)Nc1cc(C(=O)NC(C)c2cnc(OCC(F)(F)F)c(Cl)c2)ncn1. The van der Waals surface area contributed by atoms with Gasteiger partial charge in [-0.05, 0) is 18.6 Å². The smallest absolute Gasteiger partial charge is 0.422 e. The number of halogens is 4. The molecule has 2 aromatic heterocycles. The van der Waals surface area contributed by atoms with Gasteiger partial charge in [-0.1, -0.05) is 18.5 Å². The van der Waals surface area contributed by atoms with Gasteiger partial charge in [-0.25, -0.2) is 15.0 Å². The number of hydrogen-bond donors (Lipinski definition) is 2. The number of nitrogens with zero attached hydrogens (tertiary/aromatic N) is 3. The molecule has 0 aliphatic carbocycles. The standard InChI is InChI=1S/C17H17ClF3N5O3/c1-3-14(27)26-13-5-12(23-8-24-13)15(28)25-9(2)10-4-11(18)16(22-6-10)29-7-17(19,20)21/h4-6,8-9H,3,7H2,1-2H3,(H,25,28)(H,23,24,26,27). The number of hydrogen-bond acceptors (Lipinski definition) is 6. The molecule has 0 fully saturated rings. The van der Waals surface area contributed by atoms with Gasteiger partial charge >= 0.3 is 6.18 Å². The molecule has 156 valence electrons. The Hall–Kier alpha value is -2.95. The molecule has 2 N–H and O–H groups in total. The zero-order valence-corrected chi connectivity index (χ0v) is 16.1. The highest BCUT2D eigenvalue weighted by Crippen LogP contribution is 2.27. The van der Waals surface area contributed by atoms with Crippen LogP contribution in [-0.4, -0.2) is 39.5 Å². The summed E-state index contributed by atoms with van der Waals surface area (Å²) in [7, 11) is 0. The summed E-state index contributed by atoms with van der Waals surface area (Å²) in [5.41, 5.74) is 0.457. The third-order valence-corrected chi connectivity index (χ3v) is 3.81. The van der Waals surface area contributed by atoms with E-state index in [1.165, 1.54) is 18.3 Å². The van der Waals surface area contributed by atoms with Crippen LogP contribution in [0, 0.1) is 0 Å². The molecule has 2 amide bonds. The van der Waals surface area contributed by atoms with Gasteiger partial charge in [0.05, 0.1) is 6.04 Å². The fourth-order valence-corrected chi connectivity index (χ4v) is 2.30. The summed E-state index contributed by atoms with van der Waals surface area (Å²) in [6, 6.07) is 2.07. The van der Waals surface area contributed by atoms with Crippen molar-refractivity contribution >= 4 is 29.2 Å². The number of nitrogens with one attached hydrogen (secondary N) is 2. The van der Waals surface area contributed by atoms with E-state index in [0.29, 0.717) is 5.56 Å². The van der Waals surface area contributed by atoms with E-state index in [1.807, 2.05) is 0 Å². The van der Waals surface area contributed by atoms with Crippen molar-refractivity contribution in [3.63, 3.8) is 0 Å². The molecule has 0 bridgehead atoms. The molecule has 8 nitrogen and oxygen atoms in total. The summed E-state index contributed by atoms with van der Waals surface area (Å²) in [5, 5.41) is 5.04. The van der Waals surface area contributed by atoms with E-state index in [1.54, 1.807) is 13.8 Å². The Labute approximate surface area is 168 Å². The van der Waals surface area contributed by atoms with Crippen LogP contribution in [0.1, 0.15) is 42.4 Å². The number of carbonyl (C=O) groups is 2. The molecule has 2 aromatic rings. The molecule has 0 aliphatic heterocycles. The Balaban J connectivity index is 2.05. The normalized spacial score (nSPS) is 12.2. The monoisotopic (exact) mass is 431 g/mol. The van der Waals surface area contributed by atoms with E-state index in [2.05, 4.69) is 30.3 Å². The average Bonchev–Trinajstić information content (AvgIpc) is 2.66. The lowest BCUT2D eigenvalue weighted by molar-refractivity contribution is -0.154. The molecular formula is C17H17ClF3N5O3. The van der Waals surface area contributed by atoms with Crippen molar-refractivity contribution in [3.05, 3.63) is 40.9 Å². The molecule has 29 heavy (non-hydrogen) atoms. The predicted octanol–water partition coefficient (Wildman–Crippen LogP) is 3.31. The van der Waals surface area contributed by atoms with Crippen LogP contribution in [0.5, 0.6) is 5.88 Å². The Morgan fingerprint density at radius 3 is 2.59 bits per heavy atom. The van der Waals surface area contributed by atoms with Crippen molar-refractivity contribution in [2.24, 2.45) is 0 Å². The summed E-state index contributed by atoms with van der Waals surface area (Å²) < 4.78 is 41.2. The van der Waals surface area contributed by atoms with Crippen LogP contribution >= 0.6 is 11.6 Å². The van der Waals surface area contributed by atoms with Gasteiger partial charge in [0.1, 0.15) is 22.9 Å². The molecular weight excluding hydrogens is 415 g/mol. The molecule has 12 heteroatoms. The Kier molecular flexibility index (Phi) is 7.32. The quantitative estimate of drug-likeness (QED) is 0.696. The zero-order chi connectivity index (χ0) is 21.6. The molecule has 2 heterocycles. The minimum absolute atomic E-state index is 0.0161. The second kappa shape index (κ2) is 9.50. The van der Waals surface area contributed by atoms with Crippen LogP contribution in [0.4, 0.5) is 19.0 Å². The molecule has 0 aliphatic rings. The molecule has 2 rings (SSSR count). The second-order valence-electron chi connectivity index (χ2n) is 5.84. The summed E-state index contributed by atoms with van der Waals surface area (Å²) in [4.78, 5) is 35.3. The van der Waals surface area contributed by atoms with Crippen molar-refractivity contribution in [3.8, 4) is 5.88 Å². The van der Waals surface area contributed by atoms with E-state index < -0.39 is 24.7 Å². The van der Waals surface area contributed by atoms with Gasteiger partial charge in [0, 0.05) is 18.7 Å². The first kappa shape index (κ1) is 22.3. The maximum atomic E-state index is 12.4. The minimum Gasteiger partial charge on any atom is -0.467 e. The van der Waals surface area contributed by atoms with E-state index in [9.17, 15) is 22.8 Å². The fraction of sp³-hybridized carbons (Fsp3) is 0.353. The third kappa shape index (κ3) is 6.86. The first-order chi connectivity index (χ1) is 13.6. The van der Waals surface area contributed by atoms with Crippen LogP contribution < -0.4 is 15.4 Å². The van der Waals surface area contributed by atoms with Crippen molar-refractivity contribution in [1.29, 1.82) is 0 Å². The highest BCUT2D eigenvalue weighted by molar-refractivity contribution is 6.31. The maximum absolute atomic E-state index is 12.4. The van der Waals surface area contributed by atoms with E-state index in [4.69, 9.17) is 11.6 Å². The number of aromatic nitrogens is 3. The Bertz CT molecular complexity index is 895. The molecule has 0 saturated heterocycles. The Morgan fingerprint density at radius 1 is 1.24 bits per heavy atom. The highest BCUT2D eigenvalue weighted by atomic mass is 35.5. The number of rotatable bonds is 7. The number of carbonyl (C=O) groups excluding carboxylic acids is 2. The number of anilines is 1. The zero-order valence-electron chi connectivity index (χ0n) is 15.4. The summed E-state index contributed by atoms with van der Waals surface area (Å²) in [5.74, 6) is -1.00. The van der Waals surface area contributed by atoms with Gasteiger partial charge in [-0.15, -0.1) is 0 Å². The Morgan fingerprint density at radius 2 is 1.97 bits per heavy atom. The largest absolute Gasteiger partial charge is 0.467 e. The van der Waals surface area contributed by atoms with Gasteiger partial charge in [0.2, 0.25) is 11.8 Å². The second-order valence-corrected chi connectivity index (χ2v) is 6.25. The third-order valence-electron chi connectivity index (χ3n) is 3.54. The molecule has 0 spiro atoms. The van der Waals surface area contributed by atoms with E-state index in [-0.39, 0.29) is 34.7 Å². The van der Waals surface area contributed by atoms with Crippen molar-refractivity contribution in [2.45, 2.75) is 32.5 Å². The number of alkyl halides is 3. The van der Waals surface area contributed by atoms with Gasteiger partial charge in [0.15, 0.2) is 6.61 Å². The lowest BCUT2D eigenvalue weighted by Gasteiger charge is -2.15. The van der Waals surface area contributed by atoms with Crippen LogP contribution in [0.25, 0.3) is 0 Å². The van der Waals surface area contributed by atoms with E-state index >= 15 is 0 Å². The maximum Gasteiger partial charge on any atom is 0.422 e. The van der Waals surface area contributed by atoms with Gasteiger partial charge in [-0.3, -0.25) is 9.59 Å². The lowest BCUT2D eigenvalue weighted by Crippen LogP contribution is -2.28. The highest BCUT2D eigenvalue weighted by Gasteiger charge is 2.29. The van der Waals surface area contributed by atoms with Gasteiger partial charge in [-0.2, -0.15) is 13.2 Å². The van der Waals surface area contributed by atoms with Crippen LogP contribution in [0.3, 0.4) is 0 Å². The minimum atomic E-state index is -4.52. The van der Waals surface area contributed by atoms with Crippen LogP contribution in [0.15, 0.2) is 24.7 Å². The summed E-state index contributed by atoms with van der Waals surface area (Å²) >= 11 is 5.91. The first-order valence-electron chi connectivity index (χ1n) is 8.36. The first-order valence-corrected chi connectivity index (χ1v) is 8.74. The van der Waals surface area contributed by atoms with Crippen LogP contribution in [0.2, 0.25) is 5.02 Å². The summed E-state index contributed by atoms with van der Waals surface area (Å²) in [6.07, 6.45) is -1.89. The molecule has 0 saturated carbocycles. The molecule has 0 radical (unpaired) electrons. The predicted molar refractivity (Wildman–Crippen MR) is 97.6 cm³/mol. The fourth-order valence-electron chi connectivity index (χ4n) is 2.07. The molecule has 1 atom stereocenters. The van der Waals surface area contributed by atoms with Gasteiger partial charge < -0.3 is 15.4 Å². The average molecular weight is 432 g/mol. The number of ether oxygens (including phenoxy) is 1. The van der Waals surface area contributed by atoms with E-state index in [0.717, 1.165) is 6.33 Å². The topological polar surface area (TPSA) is 106 Å².